The molecule has 0 atom stereocenters. The third-order valence-electron chi connectivity index (χ3n) is 3.80. The summed E-state index contributed by atoms with van der Waals surface area (Å²) in [7, 11) is 1.79. The van der Waals surface area contributed by atoms with Gasteiger partial charge in [0.25, 0.3) is 5.91 Å². The molecule has 0 unspecified atom stereocenters. The molecule has 0 saturated carbocycles. The largest absolute Gasteiger partial charge is 0.416 e. The van der Waals surface area contributed by atoms with E-state index in [0.717, 1.165) is 42.7 Å². The summed E-state index contributed by atoms with van der Waals surface area (Å²) >= 11 is 0. The van der Waals surface area contributed by atoms with E-state index in [0.29, 0.717) is 11.4 Å². The SMILES string of the molecule is Cn1nc(C(=O)Nc2ccc(C(F)(F)F)cc2)c2c1CCC2. The van der Waals surface area contributed by atoms with E-state index >= 15 is 0 Å². The van der Waals surface area contributed by atoms with E-state index in [1.54, 1.807) is 11.7 Å². The van der Waals surface area contributed by atoms with Crippen molar-refractivity contribution in [1.29, 1.82) is 0 Å². The van der Waals surface area contributed by atoms with Crippen molar-refractivity contribution in [3.8, 4) is 0 Å². The van der Waals surface area contributed by atoms with Crippen LogP contribution in [-0.2, 0) is 26.1 Å². The van der Waals surface area contributed by atoms with Crippen molar-refractivity contribution in [3.05, 3.63) is 46.8 Å². The summed E-state index contributed by atoms with van der Waals surface area (Å²) < 4.78 is 39.2. The van der Waals surface area contributed by atoms with E-state index in [9.17, 15) is 18.0 Å². The zero-order valence-electron chi connectivity index (χ0n) is 11.9. The van der Waals surface area contributed by atoms with E-state index in [1.165, 1.54) is 12.1 Å². The Bertz CT molecular complexity index is 717. The van der Waals surface area contributed by atoms with Crippen molar-refractivity contribution < 1.29 is 18.0 Å². The van der Waals surface area contributed by atoms with Crippen molar-refractivity contribution in [1.82, 2.24) is 9.78 Å². The number of nitrogens with one attached hydrogen (secondary N) is 1. The lowest BCUT2D eigenvalue weighted by Crippen LogP contribution is -2.15. The summed E-state index contributed by atoms with van der Waals surface area (Å²) in [4.78, 5) is 12.3. The summed E-state index contributed by atoms with van der Waals surface area (Å²) in [6.45, 7) is 0. The van der Waals surface area contributed by atoms with E-state index in [-0.39, 0.29) is 0 Å². The predicted molar refractivity (Wildman–Crippen MR) is 74.6 cm³/mol. The Labute approximate surface area is 124 Å². The minimum Gasteiger partial charge on any atom is -0.321 e. The van der Waals surface area contributed by atoms with Crippen molar-refractivity contribution in [2.75, 3.05) is 5.32 Å². The minimum atomic E-state index is -4.38. The maximum Gasteiger partial charge on any atom is 0.416 e. The molecular weight excluding hydrogens is 295 g/mol. The van der Waals surface area contributed by atoms with Gasteiger partial charge in [-0.2, -0.15) is 18.3 Å². The minimum absolute atomic E-state index is 0.315. The van der Waals surface area contributed by atoms with Crippen LogP contribution < -0.4 is 5.32 Å². The number of rotatable bonds is 2. The molecule has 1 heterocycles. The number of aromatic nitrogens is 2. The lowest BCUT2D eigenvalue weighted by Gasteiger charge is -2.08. The molecule has 1 aromatic carbocycles. The normalized spacial score (nSPS) is 14.0. The fourth-order valence-electron chi connectivity index (χ4n) is 2.73. The van der Waals surface area contributed by atoms with E-state index in [1.807, 2.05) is 0 Å². The van der Waals surface area contributed by atoms with Crippen LogP contribution in [0.15, 0.2) is 24.3 Å². The molecule has 0 bridgehead atoms. The maximum atomic E-state index is 12.5. The lowest BCUT2D eigenvalue weighted by molar-refractivity contribution is -0.137. The number of halogens is 3. The average molecular weight is 309 g/mol. The lowest BCUT2D eigenvalue weighted by atomic mass is 10.1. The predicted octanol–water partition coefficient (Wildman–Crippen LogP) is 3.18. The van der Waals surface area contributed by atoms with Crippen LogP contribution in [0.3, 0.4) is 0 Å². The second-order valence-corrected chi connectivity index (χ2v) is 5.28. The van der Waals surface area contributed by atoms with E-state index in [2.05, 4.69) is 10.4 Å². The molecule has 7 heteroatoms. The Hall–Kier alpha value is -2.31. The van der Waals surface area contributed by atoms with Gasteiger partial charge in [-0.05, 0) is 43.5 Å². The molecule has 0 aliphatic heterocycles. The Morgan fingerprint density at radius 1 is 1.23 bits per heavy atom. The van der Waals surface area contributed by atoms with Gasteiger partial charge in [-0.25, -0.2) is 0 Å². The first-order chi connectivity index (χ1) is 10.4. The number of nitrogens with zero attached hydrogens (tertiary/aromatic N) is 2. The standard InChI is InChI=1S/C15H14F3N3O/c1-21-12-4-2-3-11(12)13(20-21)14(22)19-10-7-5-9(6-8-10)15(16,17)18/h5-8H,2-4H2,1H3,(H,19,22). The molecular formula is C15H14F3N3O. The highest BCUT2D eigenvalue weighted by atomic mass is 19.4. The van der Waals surface area contributed by atoms with Crippen LogP contribution >= 0.6 is 0 Å². The molecule has 4 nitrogen and oxygen atoms in total. The van der Waals surface area contributed by atoms with Gasteiger partial charge in [0, 0.05) is 24.0 Å². The summed E-state index contributed by atoms with van der Waals surface area (Å²) in [5, 5.41) is 6.81. The quantitative estimate of drug-likeness (QED) is 0.926. The van der Waals surface area contributed by atoms with Gasteiger partial charge in [-0.1, -0.05) is 0 Å². The van der Waals surface area contributed by atoms with Gasteiger partial charge in [0.05, 0.1) is 5.56 Å². The first-order valence-corrected chi connectivity index (χ1v) is 6.89. The Morgan fingerprint density at radius 3 is 2.55 bits per heavy atom. The van der Waals surface area contributed by atoms with Gasteiger partial charge in [-0.15, -0.1) is 0 Å². The fourth-order valence-corrected chi connectivity index (χ4v) is 2.73. The molecule has 1 N–H and O–H groups in total. The molecule has 1 aliphatic carbocycles. The first kappa shape index (κ1) is 14.6. The number of anilines is 1. The molecule has 116 valence electrons. The molecule has 22 heavy (non-hydrogen) atoms. The molecule has 3 rings (SSSR count). The third-order valence-corrected chi connectivity index (χ3v) is 3.80. The van der Waals surface area contributed by atoms with Crippen LogP contribution in [0.4, 0.5) is 18.9 Å². The summed E-state index contributed by atoms with van der Waals surface area (Å²) in [6, 6.07) is 4.37. The Morgan fingerprint density at radius 2 is 1.91 bits per heavy atom. The third kappa shape index (κ3) is 2.58. The fraction of sp³-hybridized carbons (Fsp3) is 0.333. The van der Waals surface area contributed by atoms with Crippen LogP contribution in [0.1, 0.15) is 33.7 Å². The van der Waals surface area contributed by atoms with Crippen molar-refractivity contribution in [2.45, 2.75) is 25.4 Å². The van der Waals surface area contributed by atoms with E-state index < -0.39 is 17.6 Å². The first-order valence-electron chi connectivity index (χ1n) is 6.89. The van der Waals surface area contributed by atoms with Crippen molar-refractivity contribution >= 4 is 11.6 Å². The zero-order chi connectivity index (χ0) is 15.9. The smallest absolute Gasteiger partial charge is 0.321 e. The van der Waals surface area contributed by atoms with Gasteiger partial charge >= 0.3 is 6.18 Å². The molecule has 0 saturated heterocycles. The monoisotopic (exact) mass is 309 g/mol. The van der Waals surface area contributed by atoms with E-state index in [4.69, 9.17) is 0 Å². The number of hydrogen-bond donors (Lipinski definition) is 1. The summed E-state index contributed by atoms with van der Waals surface area (Å²) in [5.41, 5.74) is 1.92. The molecule has 2 aromatic rings. The number of alkyl halides is 3. The number of benzene rings is 1. The topological polar surface area (TPSA) is 46.9 Å². The van der Waals surface area contributed by atoms with Gasteiger partial charge < -0.3 is 5.32 Å². The number of hydrogen-bond acceptors (Lipinski definition) is 2. The summed E-state index contributed by atoms with van der Waals surface area (Å²) in [5.74, 6) is -0.390. The number of amides is 1. The van der Waals surface area contributed by atoms with Crippen LogP contribution in [0.25, 0.3) is 0 Å². The van der Waals surface area contributed by atoms with Crippen molar-refractivity contribution in [2.24, 2.45) is 7.05 Å². The van der Waals surface area contributed by atoms with Crippen LogP contribution in [0.2, 0.25) is 0 Å². The number of fused-ring (bicyclic) bond motifs is 1. The van der Waals surface area contributed by atoms with Crippen molar-refractivity contribution in [3.63, 3.8) is 0 Å². The van der Waals surface area contributed by atoms with Gasteiger partial charge in [0.2, 0.25) is 0 Å². The van der Waals surface area contributed by atoms with Gasteiger partial charge in [0.15, 0.2) is 5.69 Å². The number of aryl methyl sites for hydroxylation is 1. The summed E-state index contributed by atoms with van der Waals surface area (Å²) in [6.07, 6.45) is -1.70. The molecule has 1 aliphatic rings. The molecule has 0 fully saturated rings. The highest BCUT2D eigenvalue weighted by molar-refractivity contribution is 6.04. The Kier molecular flexibility index (Phi) is 3.42. The van der Waals surface area contributed by atoms with Crippen LogP contribution in [-0.4, -0.2) is 15.7 Å². The molecule has 1 aromatic heterocycles. The number of carbonyl (C=O) groups excluding carboxylic acids is 1. The second kappa shape index (κ2) is 5.15. The molecule has 1 amide bonds. The highest BCUT2D eigenvalue weighted by Gasteiger charge is 2.30. The Balaban J connectivity index is 1.79. The highest BCUT2D eigenvalue weighted by Crippen LogP contribution is 2.30. The van der Waals surface area contributed by atoms with Crippen LogP contribution in [0.5, 0.6) is 0 Å². The van der Waals surface area contributed by atoms with Crippen LogP contribution in [0, 0.1) is 0 Å². The number of carbonyl (C=O) groups is 1. The van der Waals surface area contributed by atoms with Gasteiger partial charge in [-0.3, -0.25) is 9.48 Å². The zero-order valence-corrected chi connectivity index (χ0v) is 11.9. The molecule has 0 radical (unpaired) electrons. The maximum absolute atomic E-state index is 12.5. The van der Waals surface area contributed by atoms with Gasteiger partial charge in [0.1, 0.15) is 0 Å². The molecule has 0 spiro atoms. The second-order valence-electron chi connectivity index (χ2n) is 5.28. The average Bonchev–Trinajstić information content (AvgIpc) is 3.03.